The molecule has 1 fully saturated rings. The van der Waals surface area contributed by atoms with Crippen molar-refractivity contribution in [3.8, 4) is 0 Å². The predicted octanol–water partition coefficient (Wildman–Crippen LogP) is 2.25. The van der Waals surface area contributed by atoms with Crippen LogP contribution in [0.5, 0.6) is 0 Å². The fraction of sp³-hybridized carbons (Fsp3) is 0.562. The number of rotatable bonds is 4. The molecule has 0 bridgehead atoms. The molecule has 1 N–H and O–H groups in total. The summed E-state index contributed by atoms with van der Waals surface area (Å²) in [6, 6.07) is 10.0. The first-order valence-corrected chi connectivity index (χ1v) is 7.19. The Hall–Kier alpha value is -1.35. The van der Waals surface area contributed by atoms with Gasteiger partial charge in [0.15, 0.2) is 0 Å². The average Bonchev–Trinajstić information content (AvgIpc) is 2.47. The van der Waals surface area contributed by atoms with Gasteiger partial charge in [-0.05, 0) is 44.3 Å². The third-order valence-corrected chi connectivity index (χ3v) is 4.04. The topological polar surface area (TPSA) is 32.3 Å². The molecule has 3 nitrogen and oxygen atoms in total. The van der Waals surface area contributed by atoms with Gasteiger partial charge in [-0.1, -0.05) is 30.3 Å². The van der Waals surface area contributed by atoms with Crippen LogP contribution in [-0.4, -0.2) is 37.5 Å². The van der Waals surface area contributed by atoms with Crippen LogP contribution in [0.2, 0.25) is 0 Å². The molecule has 1 atom stereocenters. The van der Waals surface area contributed by atoms with Crippen LogP contribution in [0.25, 0.3) is 0 Å². The minimum Gasteiger partial charge on any atom is -0.345 e. The van der Waals surface area contributed by atoms with E-state index in [1.165, 1.54) is 12.8 Å². The Kier molecular flexibility index (Phi) is 4.97. The molecular weight excluding hydrogens is 236 g/mol. The molecule has 1 saturated heterocycles. The average molecular weight is 260 g/mol. The van der Waals surface area contributed by atoms with E-state index in [9.17, 15) is 4.79 Å². The highest BCUT2D eigenvalue weighted by molar-refractivity contribution is 5.83. The molecule has 19 heavy (non-hydrogen) atoms. The molecule has 1 aromatic carbocycles. The van der Waals surface area contributed by atoms with Crippen LogP contribution in [-0.2, 0) is 4.79 Å². The Morgan fingerprint density at radius 1 is 1.32 bits per heavy atom. The number of carbonyl (C=O) groups excluding carboxylic acids is 1. The second-order valence-corrected chi connectivity index (χ2v) is 5.54. The van der Waals surface area contributed by atoms with E-state index in [1.54, 1.807) is 0 Å². The smallest absolute Gasteiger partial charge is 0.229 e. The molecule has 0 saturated carbocycles. The van der Waals surface area contributed by atoms with E-state index in [0.717, 1.165) is 25.2 Å². The number of hydrogen-bond acceptors (Lipinski definition) is 2. The summed E-state index contributed by atoms with van der Waals surface area (Å²) in [6.45, 7) is 5.05. The zero-order valence-corrected chi connectivity index (χ0v) is 11.9. The van der Waals surface area contributed by atoms with E-state index in [-0.39, 0.29) is 11.8 Å². The maximum absolute atomic E-state index is 12.4. The highest BCUT2D eigenvalue weighted by Crippen LogP contribution is 2.19. The van der Waals surface area contributed by atoms with Gasteiger partial charge in [0.05, 0.1) is 5.92 Å². The van der Waals surface area contributed by atoms with Crippen molar-refractivity contribution in [2.75, 3.05) is 26.7 Å². The number of nitrogens with zero attached hydrogens (tertiary/aromatic N) is 1. The van der Waals surface area contributed by atoms with Crippen LogP contribution in [0, 0.1) is 5.92 Å². The quantitative estimate of drug-likeness (QED) is 0.900. The zero-order valence-electron chi connectivity index (χ0n) is 11.9. The molecule has 0 aliphatic carbocycles. The van der Waals surface area contributed by atoms with Gasteiger partial charge < -0.3 is 10.2 Å². The van der Waals surface area contributed by atoms with Crippen LogP contribution >= 0.6 is 0 Å². The molecule has 0 aromatic heterocycles. The molecule has 0 spiro atoms. The molecule has 1 amide bonds. The number of nitrogens with one attached hydrogen (secondary N) is 1. The SMILES string of the molecule is CC(C(=O)N(C)CC1CCNCC1)c1ccccc1. The van der Waals surface area contributed by atoms with Crippen molar-refractivity contribution < 1.29 is 4.79 Å². The first-order chi connectivity index (χ1) is 9.18. The summed E-state index contributed by atoms with van der Waals surface area (Å²) in [5.74, 6) is 0.829. The molecule has 1 unspecified atom stereocenters. The predicted molar refractivity (Wildman–Crippen MR) is 78.1 cm³/mol. The number of piperidine rings is 1. The van der Waals surface area contributed by atoms with E-state index >= 15 is 0 Å². The summed E-state index contributed by atoms with van der Waals surface area (Å²) < 4.78 is 0. The summed E-state index contributed by atoms with van der Waals surface area (Å²) in [6.07, 6.45) is 2.36. The fourth-order valence-corrected chi connectivity index (χ4v) is 2.76. The van der Waals surface area contributed by atoms with Gasteiger partial charge in [0.25, 0.3) is 0 Å². The molecule has 1 aliphatic rings. The Morgan fingerprint density at radius 2 is 1.95 bits per heavy atom. The minimum atomic E-state index is -0.0482. The van der Waals surface area contributed by atoms with Gasteiger partial charge >= 0.3 is 0 Å². The minimum absolute atomic E-state index is 0.0482. The third kappa shape index (κ3) is 3.80. The van der Waals surface area contributed by atoms with Crippen molar-refractivity contribution in [2.24, 2.45) is 5.92 Å². The molecule has 2 rings (SSSR count). The van der Waals surface area contributed by atoms with E-state index in [4.69, 9.17) is 0 Å². The molecular formula is C16H24N2O. The molecule has 1 aliphatic heterocycles. The standard InChI is InChI=1S/C16H24N2O/c1-13(15-6-4-3-5-7-15)16(19)18(2)12-14-8-10-17-11-9-14/h3-7,13-14,17H,8-12H2,1-2H3. The Labute approximate surface area is 116 Å². The third-order valence-electron chi connectivity index (χ3n) is 4.04. The summed E-state index contributed by atoms with van der Waals surface area (Å²) in [5.41, 5.74) is 1.10. The lowest BCUT2D eigenvalue weighted by Gasteiger charge is -2.29. The van der Waals surface area contributed by atoms with Crippen molar-refractivity contribution in [1.29, 1.82) is 0 Å². The first kappa shape index (κ1) is 14.1. The van der Waals surface area contributed by atoms with Gasteiger partial charge in [-0.15, -0.1) is 0 Å². The van der Waals surface area contributed by atoms with Gasteiger partial charge in [-0.2, -0.15) is 0 Å². The second-order valence-electron chi connectivity index (χ2n) is 5.54. The maximum atomic E-state index is 12.4. The monoisotopic (exact) mass is 260 g/mol. The fourth-order valence-electron chi connectivity index (χ4n) is 2.76. The van der Waals surface area contributed by atoms with E-state index in [0.29, 0.717) is 5.92 Å². The van der Waals surface area contributed by atoms with Crippen LogP contribution in [0.15, 0.2) is 30.3 Å². The summed E-state index contributed by atoms with van der Waals surface area (Å²) in [4.78, 5) is 14.3. The van der Waals surface area contributed by atoms with Crippen molar-refractivity contribution in [3.63, 3.8) is 0 Å². The molecule has 1 heterocycles. The van der Waals surface area contributed by atoms with Gasteiger partial charge in [0.1, 0.15) is 0 Å². The first-order valence-electron chi connectivity index (χ1n) is 7.19. The number of benzene rings is 1. The normalized spacial score (nSPS) is 18.0. The molecule has 3 heteroatoms. The van der Waals surface area contributed by atoms with Crippen LogP contribution in [0.1, 0.15) is 31.2 Å². The van der Waals surface area contributed by atoms with Gasteiger partial charge in [-0.25, -0.2) is 0 Å². The van der Waals surface area contributed by atoms with Crippen LogP contribution in [0.3, 0.4) is 0 Å². The lowest BCUT2D eigenvalue weighted by Crippen LogP contribution is -2.38. The van der Waals surface area contributed by atoms with Gasteiger partial charge in [-0.3, -0.25) is 4.79 Å². The lowest BCUT2D eigenvalue weighted by molar-refractivity contribution is -0.131. The molecule has 1 aromatic rings. The van der Waals surface area contributed by atoms with Crippen LogP contribution in [0.4, 0.5) is 0 Å². The number of likely N-dealkylation sites (N-methyl/N-ethyl adjacent to an activating group) is 1. The van der Waals surface area contributed by atoms with E-state index < -0.39 is 0 Å². The number of carbonyl (C=O) groups is 1. The summed E-state index contributed by atoms with van der Waals surface area (Å²) >= 11 is 0. The lowest BCUT2D eigenvalue weighted by atomic mass is 9.96. The highest BCUT2D eigenvalue weighted by atomic mass is 16.2. The van der Waals surface area contributed by atoms with Gasteiger partial charge in [0.2, 0.25) is 5.91 Å². The largest absolute Gasteiger partial charge is 0.345 e. The molecule has 104 valence electrons. The van der Waals surface area contributed by atoms with Crippen molar-refractivity contribution in [2.45, 2.75) is 25.7 Å². The maximum Gasteiger partial charge on any atom is 0.229 e. The van der Waals surface area contributed by atoms with Crippen molar-refractivity contribution in [3.05, 3.63) is 35.9 Å². The van der Waals surface area contributed by atoms with Crippen LogP contribution < -0.4 is 5.32 Å². The zero-order chi connectivity index (χ0) is 13.7. The summed E-state index contributed by atoms with van der Waals surface area (Å²) in [7, 11) is 1.93. The highest BCUT2D eigenvalue weighted by Gasteiger charge is 2.22. The Bertz CT molecular complexity index is 398. The second kappa shape index (κ2) is 6.71. The number of hydrogen-bond donors (Lipinski definition) is 1. The van der Waals surface area contributed by atoms with Crippen molar-refractivity contribution >= 4 is 5.91 Å². The Balaban J connectivity index is 1.91. The van der Waals surface area contributed by atoms with E-state index in [2.05, 4.69) is 5.32 Å². The molecule has 0 radical (unpaired) electrons. The number of amides is 1. The van der Waals surface area contributed by atoms with Crippen molar-refractivity contribution in [1.82, 2.24) is 10.2 Å². The summed E-state index contributed by atoms with van der Waals surface area (Å²) in [5, 5.41) is 3.36. The van der Waals surface area contributed by atoms with Gasteiger partial charge in [0, 0.05) is 13.6 Å². The Morgan fingerprint density at radius 3 is 2.58 bits per heavy atom. The van der Waals surface area contributed by atoms with E-state index in [1.807, 2.05) is 49.2 Å².